The minimum absolute atomic E-state index is 0.0618. The molecule has 0 bridgehead atoms. The van der Waals surface area contributed by atoms with Gasteiger partial charge < -0.3 is 9.88 Å². The summed E-state index contributed by atoms with van der Waals surface area (Å²) in [5.74, 6) is 0.284. The summed E-state index contributed by atoms with van der Waals surface area (Å²) in [7, 11) is 0. The molecule has 0 spiro atoms. The summed E-state index contributed by atoms with van der Waals surface area (Å²) in [6.07, 6.45) is 4.51. The Balaban J connectivity index is 1.63. The normalized spacial score (nSPS) is 25.8. The molecule has 2 aliphatic rings. The lowest BCUT2D eigenvalue weighted by molar-refractivity contribution is -0.127. The van der Waals surface area contributed by atoms with Gasteiger partial charge in [0.15, 0.2) is 0 Å². The van der Waals surface area contributed by atoms with Gasteiger partial charge in [0.25, 0.3) is 5.91 Å². The Labute approximate surface area is 193 Å². The second-order valence-electron chi connectivity index (χ2n) is 9.76. The fourth-order valence-corrected chi connectivity index (χ4v) is 6.25. The molecule has 1 fully saturated rings. The number of nitrogens with zero attached hydrogens (tertiary/aromatic N) is 2. The van der Waals surface area contributed by atoms with Crippen molar-refractivity contribution in [2.24, 2.45) is 5.92 Å². The van der Waals surface area contributed by atoms with E-state index in [0.29, 0.717) is 18.2 Å². The van der Waals surface area contributed by atoms with Crippen LogP contribution in [0.4, 0.5) is 5.69 Å². The maximum Gasteiger partial charge on any atom is 0.275 e. The monoisotopic (exact) mass is 449 g/mol. The number of amides is 2. The van der Waals surface area contributed by atoms with Crippen LogP contribution < -0.4 is 10.2 Å². The van der Waals surface area contributed by atoms with E-state index in [9.17, 15) is 9.59 Å². The first kappa shape index (κ1) is 21.3. The Kier molecular flexibility index (Phi) is 5.16. The summed E-state index contributed by atoms with van der Waals surface area (Å²) in [5.41, 5.74) is 3.63. The van der Waals surface area contributed by atoms with Crippen LogP contribution in [0.25, 0.3) is 10.2 Å². The van der Waals surface area contributed by atoms with Crippen molar-refractivity contribution in [2.45, 2.75) is 71.5 Å². The van der Waals surface area contributed by atoms with Gasteiger partial charge >= 0.3 is 0 Å². The van der Waals surface area contributed by atoms with Crippen LogP contribution in [-0.4, -0.2) is 28.0 Å². The van der Waals surface area contributed by atoms with E-state index in [2.05, 4.69) is 12.2 Å². The number of benzene rings is 1. The van der Waals surface area contributed by atoms with Gasteiger partial charge in [0, 0.05) is 11.7 Å². The number of hydrogen-bond acceptors (Lipinski definition) is 3. The second kappa shape index (κ2) is 7.77. The van der Waals surface area contributed by atoms with Crippen molar-refractivity contribution >= 4 is 39.1 Å². The van der Waals surface area contributed by atoms with E-state index >= 15 is 0 Å². The predicted molar refractivity (Wildman–Crippen MR) is 131 cm³/mol. The van der Waals surface area contributed by atoms with Crippen LogP contribution in [0.1, 0.15) is 61.1 Å². The number of carbonyl (C=O) groups excluding carboxylic acids is 2. The summed E-state index contributed by atoms with van der Waals surface area (Å²) in [6.45, 7) is 8.67. The molecule has 3 aromatic rings. The minimum Gasteiger partial charge on any atom is -0.351 e. The molecule has 1 aliphatic carbocycles. The average Bonchev–Trinajstić information content (AvgIpc) is 3.35. The number of aromatic nitrogens is 1. The zero-order valence-electron chi connectivity index (χ0n) is 19.3. The summed E-state index contributed by atoms with van der Waals surface area (Å²) >= 11 is 1.63. The number of aryl methyl sites for hydroxylation is 1. The number of rotatable bonds is 3. The molecular weight excluding hydrogens is 418 g/mol. The molecule has 2 amide bonds. The fraction of sp³-hybridized carbons (Fsp3) is 0.462. The molecule has 1 N–H and O–H groups in total. The molecule has 5 nitrogen and oxygen atoms in total. The summed E-state index contributed by atoms with van der Waals surface area (Å²) in [4.78, 5) is 29.7. The maximum atomic E-state index is 14.0. The van der Waals surface area contributed by atoms with Crippen LogP contribution in [0.2, 0.25) is 0 Å². The quantitative estimate of drug-likeness (QED) is 0.579. The van der Waals surface area contributed by atoms with Crippen LogP contribution >= 0.6 is 11.3 Å². The first-order chi connectivity index (χ1) is 15.3. The van der Waals surface area contributed by atoms with Gasteiger partial charge in [-0.1, -0.05) is 31.9 Å². The van der Waals surface area contributed by atoms with Crippen molar-refractivity contribution in [1.82, 2.24) is 9.88 Å². The third-order valence-electron chi connectivity index (χ3n) is 7.64. The van der Waals surface area contributed by atoms with Crippen LogP contribution in [0.3, 0.4) is 0 Å². The standard InChI is InChI=1S/C26H31N3O2S/c1-16-9-7-11-20(18(16)3)29-24(30)22-14-23-21(12-13-32-23)28(22)15-26(29,4)25(31)27-19-10-6-5-8-17(19)2/h7,9,11-14,17,19H,5-6,8,10,15H2,1-4H3,(H,27,31)/t17-,19+,26-/m1/s1. The van der Waals surface area contributed by atoms with Crippen molar-refractivity contribution in [3.8, 4) is 0 Å². The van der Waals surface area contributed by atoms with Gasteiger partial charge in [-0.2, -0.15) is 0 Å². The van der Waals surface area contributed by atoms with E-state index in [1.165, 1.54) is 6.42 Å². The van der Waals surface area contributed by atoms with Gasteiger partial charge in [-0.05, 0) is 74.2 Å². The van der Waals surface area contributed by atoms with Crippen molar-refractivity contribution < 1.29 is 9.59 Å². The first-order valence-corrected chi connectivity index (χ1v) is 12.5. The van der Waals surface area contributed by atoms with Crippen LogP contribution in [-0.2, 0) is 11.3 Å². The van der Waals surface area contributed by atoms with E-state index < -0.39 is 5.54 Å². The van der Waals surface area contributed by atoms with Crippen LogP contribution in [0.15, 0.2) is 35.7 Å². The topological polar surface area (TPSA) is 54.3 Å². The molecule has 1 saturated carbocycles. The number of anilines is 1. The molecule has 6 heteroatoms. The molecular formula is C26H31N3O2S. The number of thiophene rings is 1. The average molecular weight is 450 g/mol. The van der Waals surface area contributed by atoms with Crippen molar-refractivity contribution in [1.29, 1.82) is 0 Å². The van der Waals surface area contributed by atoms with E-state index in [-0.39, 0.29) is 17.9 Å². The molecule has 2 aromatic heterocycles. The third kappa shape index (κ3) is 3.19. The number of nitrogens with one attached hydrogen (secondary N) is 1. The molecule has 168 valence electrons. The van der Waals surface area contributed by atoms with E-state index in [1.807, 2.05) is 61.1 Å². The highest BCUT2D eigenvalue weighted by Gasteiger charge is 2.49. The Hall–Kier alpha value is -2.60. The zero-order valence-corrected chi connectivity index (χ0v) is 20.1. The maximum absolute atomic E-state index is 14.0. The molecule has 5 rings (SSSR count). The van der Waals surface area contributed by atoms with Gasteiger partial charge in [0.05, 0.1) is 16.8 Å². The van der Waals surface area contributed by atoms with Crippen LogP contribution in [0.5, 0.6) is 0 Å². The van der Waals surface area contributed by atoms with E-state index in [1.54, 1.807) is 16.2 Å². The lowest BCUT2D eigenvalue weighted by Gasteiger charge is -2.45. The highest BCUT2D eigenvalue weighted by molar-refractivity contribution is 7.17. The predicted octanol–water partition coefficient (Wildman–Crippen LogP) is 5.43. The Morgan fingerprint density at radius 2 is 1.97 bits per heavy atom. The Morgan fingerprint density at radius 3 is 2.75 bits per heavy atom. The minimum atomic E-state index is -1.02. The van der Waals surface area contributed by atoms with Crippen molar-refractivity contribution in [3.05, 3.63) is 52.5 Å². The first-order valence-electron chi connectivity index (χ1n) is 11.6. The molecule has 32 heavy (non-hydrogen) atoms. The van der Waals surface area contributed by atoms with Gasteiger partial charge in [0.1, 0.15) is 11.2 Å². The summed E-state index contributed by atoms with van der Waals surface area (Å²) < 4.78 is 3.12. The van der Waals surface area contributed by atoms with Gasteiger partial charge in [-0.3, -0.25) is 14.5 Å². The zero-order chi connectivity index (χ0) is 22.6. The van der Waals surface area contributed by atoms with Crippen LogP contribution in [0, 0.1) is 19.8 Å². The summed E-state index contributed by atoms with van der Waals surface area (Å²) in [5, 5.41) is 5.40. The van der Waals surface area contributed by atoms with E-state index in [0.717, 1.165) is 46.3 Å². The Bertz CT molecular complexity index is 1210. The summed E-state index contributed by atoms with van der Waals surface area (Å²) in [6, 6.07) is 10.2. The molecule has 1 aromatic carbocycles. The molecule has 1 aliphatic heterocycles. The highest BCUT2D eigenvalue weighted by Crippen LogP contribution is 2.39. The lowest BCUT2D eigenvalue weighted by atomic mass is 9.84. The van der Waals surface area contributed by atoms with E-state index in [4.69, 9.17) is 0 Å². The number of hydrogen-bond donors (Lipinski definition) is 1. The fourth-order valence-electron chi connectivity index (χ4n) is 5.42. The smallest absolute Gasteiger partial charge is 0.275 e. The molecule has 0 unspecified atom stereocenters. The van der Waals surface area contributed by atoms with Gasteiger partial charge in [0.2, 0.25) is 5.91 Å². The SMILES string of the molecule is Cc1cccc(N2C(=O)c3cc4sccc4n3C[C@]2(C)C(=O)N[C@H]2CCCC[C@H]2C)c1C. The van der Waals surface area contributed by atoms with Crippen molar-refractivity contribution in [3.63, 3.8) is 0 Å². The largest absolute Gasteiger partial charge is 0.351 e. The molecule has 0 saturated heterocycles. The lowest BCUT2D eigenvalue weighted by Crippen LogP contribution is -2.66. The highest BCUT2D eigenvalue weighted by atomic mass is 32.1. The Morgan fingerprint density at radius 1 is 1.19 bits per heavy atom. The molecule has 0 radical (unpaired) electrons. The number of carbonyl (C=O) groups is 2. The number of fused-ring (bicyclic) bond motifs is 3. The van der Waals surface area contributed by atoms with Gasteiger partial charge in [-0.15, -0.1) is 11.3 Å². The van der Waals surface area contributed by atoms with Crippen molar-refractivity contribution in [2.75, 3.05) is 4.90 Å². The second-order valence-corrected chi connectivity index (χ2v) is 10.7. The van der Waals surface area contributed by atoms with Gasteiger partial charge in [-0.25, -0.2) is 0 Å². The third-order valence-corrected chi connectivity index (χ3v) is 8.49. The molecule has 3 atom stereocenters. The molecule has 3 heterocycles.